The Labute approximate surface area is 98.2 Å². The van der Waals surface area contributed by atoms with E-state index < -0.39 is 0 Å². The first-order valence-corrected chi connectivity index (χ1v) is 5.93. The van der Waals surface area contributed by atoms with Gasteiger partial charge in [-0.25, -0.2) is 0 Å². The van der Waals surface area contributed by atoms with Crippen LogP contribution in [0.2, 0.25) is 0 Å². The number of hydrogen-bond acceptors (Lipinski definition) is 3. The zero-order valence-electron chi connectivity index (χ0n) is 10.4. The van der Waals surface area contributed by atoms with Crippen LogP contribution >= 0.6 is 0 Å². The van der Waals surface area contributed by atoms with Crippen molar-refractivity contribution in [2.45, 2.75) is 26.8 Å². The normalized spacial score (nSPS) is 12.2. The molecule has 0 saturated heterocycles. The zero-order chi connectivity index (χ0) is 12.0. The Morgan fingerprint density at radius 3 is 2.56 bits per heavy atom. The van der Waals surface area contributed by atoms with Gasteiger partial charge < -0.3 is 15.4 Å². The van der Waals surface area contributed by atoms with Crippen molar-refractivity contribution in [1.82, 2.24) is 0 Å². The Bertz CT molecular complexity index is 315. The van der Waals surface area contributed by atoms with E-state index in [2.05, 4.69) is 24.8 Å². The van der Waals surface area contributed by atoms with Crippen LogP contribution in [0.4, 0.5) is 5.69 Å². The highest BCUT2D eigenvalue weighted by atomic mass is 16.5. The van der Waals surface area contributed by atoms with Crippen molar-refractivity contribution in [1.29, 1.82) is 0 Å². The lowest BCUT2D eigenvalue weighted by Crippen LogP contribution is -2.38. The fraction of sp³-hybridized carbons (Fsp3) is 0.538. The molecule has 0 amide bonds. The average Bonchev–Trinajstić information content (AvgIpc) is 2.32. The molecule has 0 heterocycles. The molecule has 1 unspecified atom stereocenters. The first kappa shape index (κ1) is 12.8. The third-order valence-electron chi connectivity index (χ3n) is 2.69. The monoisotopic (exact) mass is 222 g/mol. The van der Waals surface area contributed by atoms with Crippen LogP contribution in [-0.2, 0) is 0 Å². The van der Waals surface area contributed by atoms with Gasteiger partial charge in [0.2, 0.25) is 0 Å². The van der Waals surface area contributed by atoms with Gasteiger partial charge in [0, 0.05) is 19.1 Å². The molecule has 3 heteroatoms. The molecule has 1 rings (SSSR count). The van der Waals surface area contributed by atoms with Crippen molar-refractivity contribution in [3.63, 3.8) is 0 Å². The summed E-state index contributed by atoms with van der Waals surface area (Å²) in [6.45, 7) is 8.53. The molecule has 0 aliphatic heterocycles. The van der Waals surface area contributed by atoms with Crippen LogP contribution in [0.5, 0.6) is 5.75 Å². The molecule has 16 heavy (non-hydrogen) atoms. The molecular formula is C13H22N2O. The van der Waals surface area contributed by atoms with E-state index in [4.69, 9.17) is 10.5 Å². The molecule has 0 spiro atoms. The summed E-state index contributed by atoms with van der Waals surface area (Å²) in [5.74, 6) is 0.937. The van der Waals surface area contributed by atoms with E-state index in [0.29, 0.717) is 19.2 Å². The summed E-state index contributed by atoms with van der Waals surface area (Å²) in [4.78, 5) is 2.27. The molecule has 90 valence electrons. The third kappa shape index (κ3) is 2.89. The fourth-order valence-electron chi connectivity index (χ4n) is 1.82. The molecule has 1 aromatic carbocycles. The lowest BCUT2D eigenvalue weighted by molar-refractivity contribution is 0.339. The van der Waals surface area contributed by atoms with Gasteiger partial charge in [-0.1, -0.05) is 12.1 Å². The molecule has 0 aliphatic rings. The Morgan fingerprint density at radius 2 is 2.00 bits per heavy atom. The molecule has 3 nitrogen and oxygen atoms in total. The van der Waals surface area contributed by atoms with E-state index in [9.17, 15) is 0 Å². The summed E-state index contributed by atoms with van der Waals surface area (Å²) < 4.78 is 5.63. The van der Waals surface area contributed by atoms with E-state index >= 15 is 0 Å². The summed E-state index contributed by atoms with van der Waals surface area (Å²) in [5, 5.41) is 0. The van der Waals surface area contributed by atoms with E-state index in [1.165, 1.54) is 0 Å². The number of rotatable bonds is 6. The highest BCUT2D eigenvalue weighted by Crippen LogP contribution is 2.29. The molecule has 0 aromatic heterocycles. The molecule has 0 radical (unpaired) electrons. The number of likely N-dealkylation sites (N-methyl/N-ethyl adjacent to an activating group) is 1. The van der Waals surface area contributed by atoms with E-state index in [0.717, 1.165) is 18.0 Å². The molecule has 0 fully saturated rings. The average molecular weight is 222 g/mol. The predicted molar refractivity (Wildman–Crippen MR) is 69.1 cm³/mol. The second-order valence-electron chi connectivity index (χ2n) is 3.77. The number of nitrogens with zero attached hydrogens (tertiary/aromatic N) is 1. The van der Waals surface area contributed by atoms with Crippen molar-refractivity contribution in [3.05, 3.63) is 24.3 Å². The topological polar surface area (TPSA) is 38.5 Å². The van der Waals surface area contributed by atoms with Gasteiger partial charge in [0.1, 0.15) is 5.75 Å². The van der Waals surface area contributed by atoms with Crippen molar-refractivity contribution in [2.75, 3.05) is 24.6 Å². The van der Waals surface area contributed by atoms with Crippen LogP contribution in [0.3, 0.4) is 0 Å². The standard InChI is InChI=1S/C13H22N2O/c1-4-15(11(3)10-14)12-8-6-7-9-13(12)16-5-2/h6-9,11H,4-5,10,14H2,1-3H3. The molecule has 0 aliphatic carbocycles. The minimum atomic E-state index is 0.326. The van der Waals surface area contributed by atoms with Crippen molar-refractivity contribution < 1.29 is 4.74 Å². The summed E-state index contributed by atoms with van der Waals surface area (Å²) in [6, 6.07) is 8.44. The highest BCUT2D eigenvalue weighted by molar-refractivity contribution is 5.59. The van der Waals surface area contributed by atoms with Gasteiger partial charge in [0.05, 0.1) is 12.3 Å². The summed E-state index contributed by atoms with van der Waals surface area (Å²) in [5.41, 5.74) is 6.86. The first-order chi connectivity index (χ1) is 7.74. The molecule has 0 bridgehead atoms. The lowest BCUT2D eigenvalue weighted by atomic mass is 10.2. The van der Waals surface area contributed by atoms with Gasteiger partial charge in [-0.3, -0.25) is 0 Å². The SMILES string of the molecule is CCOc1ccccc1N(CC)C(C)CN. The minimum Gasteiger partial charge on any atom is -0.492 e. The maximum atomic E-state index is 5.73. The Kier molecular flexibility index (Phi) is 5.12. The summed E-state index contributed by atoms with van der Waals surface area (Å²) in [6.07, 6.45) is 0. The van der Waals surface area contributed by atoms with E-state index in [-0.39, 0.29) is 0 Å². The van der Waals surface area contributed by atoms with Gasteiger partial charge in [-0.15, -0.1) is 0 Å². The van der Waals surface area contributed by atoms with E-state index in [1.54, 1.807) is 0 Å². The number of benzene rings is 1. The molecule has 1 atom stereocenters. The number of anilines is 1. The van der Waals surface area contributed by atoms with Gasteiger partial charge in [0.15, 0.2) is 0 Å². The van der Waals surface area contributed by atoms with Crippen LogP contribution < -0.4 is 15.4 Å². The number of hydrogen-bond donors (Lipinski definition) is 1. The quantitative estimate of drug-likeness (QED) is 0.802. The minimum absolute atomic E-state index is 0.326. The van der Waals surface area contributed by atoms with Gasteiger partial charge in [0.25, 0.3) is 0 Å². The second kappa shape index (κ2) is 6.38. The van der Waals surface area contributed by atoms with E-state index in [1.807, 2.05) is 25.1 Å². The van der Waals surface area contributed by atoms with Crippen LogP contribution in [0.25, 0.3) is 0 Å². The van der Waals surface area contributed by atoms with Crippen molar-refractivity contribution >= 4 is 5.69 Å². The Morgan fingerprint density at radius 1 is 1.31 bits per heavy atom. The maximum absolute atomic E-state index is 5.73. The smallest absolute Gasteiger partial charge is 0.142 e. The predicted octanol–water partition coefficient (Wildman–Crippen LogP) is 2.26. The van der Waals surface area contributed by atoms with Crippen molar-refractivity contribution in [2.24, 2.45) is 5.73 Å². The third-order valence-corrected chi connectivity index (χ3v) is 2.69. The van der Waals surface area contributed by atoms with Gasteiger partial charge >= 0.3 is 0 Å². The lowest BCUT2D eigenvalue weighted by Gasteiger charge is -2.30. The van der Waals surface area contributed by atoms with Gasteiger partial charge in [-0.05, 0) is 32.9 Å². The van der Waals surface area contributed by atoms with Crippen LogP contribution in [-0.4, -0.2) is 25.7 Å². The Hall–Kier alpha value is -1.22. The second-order valence-corrected chi connectivity index (χ2v) is 3.77. The molecule has 2 N–H and O–H groups in total. The van der Waals surface area contributed by atoms with Gasteiger partial charge in [-0.2, -0.15) is 0 Å². The van der Waals surface area contributed by atoms with Crippen LogP contribution in [0, 0.1) is 0 Å². The molecule has 1 aromatic rings. The number of para-hydroxylation sites is 2. The highest BCUT2D eigenvalue weighted by Gasteiger charge is 2.14. The number of nitrogens with two attached hydrogens (primary N) is 1. The maximum Gasteiger partial charge on any atom is 0.142 e. The first-order valence-electron chi connectivity index (χ1n) is 5.93. The summed E-state index contributed by atoms with van der Waals surface area (Å²) >= 11 is 0. The van der Waals surface area contributed by atoms with Crippen LogP contribution in [0.1, 0.15) is 20.8 Å². The largest absolute Gasteiger partial charge is 0.492 e. The Balaban J connectivity index is 2.98. The molecular weight excluding hydrogens is 200 g/mol. The van der Waals surface area contributed by atoms with Crippen molar-refractivity contribution in [3.8, 4) is 5.75 Å². The summed E-state index contributed by atoms with van der Waals surface area (Å²) in [7, 11) is 0. The number of ether oxygens (including phenoxy) is 1. The molecule has 0 saturated carbocycles. The fourth-order valence-corrected chi connectivity index (χ4v) is 1.82. The zero-order valence-corrected chi connectivity index (χ0v) is 10.4. The van der Waals surface area contributed by atoms with Crippen LogP contribution in [0.15, 0.2) is 24.3 Å².